The van der Waals surface area contributed by atoms with E-state index in [4.69, 9.17) is 16.3 Å². The number of aryl methyl sites for hydroxylation is 3. The van der Waals surface area contributed by atoms with Crippen molar-refractivity contribution >= 4 is 49.5 Å². The van der Waals surface area contributed by atoms with Crippen molar-refractivity contribution in [3.8, 4) is 17.2 Å². The lowest BCUT2D eigenvalue weighted by Gasteiger charge is -2.15. The molecule has 0 atom stereocenters. The maximum atomic E-state index is 13.2. The smallest absolute Gasteiger partial charge is 0.261 e. The van der Waals surface area contributed by atoms with Gasteiger partial charge in [-0.15, -0.1) is 10.2 Å². The maximum Gasteiger partial charge on any atom is 0.261 e. The fourth-order valence-corrected chi connectivity index (χ4v) is 5.53. The first-order valence-electron chi connectivity index (χ1n) is 12.4. The van der Waals surface area contributed by atoms with Gasteiger partial charge in [-0.3, -0.25) is 4.72 Å². The van der Waals surface area contributed by atoms with Gasteiger partial charge < -0.3 is 9.84 Å². The first kappa shape index (κ1) is 27.2. The molecule has 0 unspecified atom stereocenters. The Hall–Kier alpha value is -4.40. The number of para-hydroxylation sites is 1. The summed E-state index contributed by atoms with van der Waals surface area (Å²) >= 11 is 6.23. The summed E-state index contributed by atoms with van der Waals surface area (Å²) in [6.07, 6.45) is 0. The fraction of sp³-hybridized carbons (Fsp3) is 0.0968. The molecule has 40 heavy (non-hydrogen) atoms. The summed E-state index contributed by atoms with van der Waals surface area (Å²) in [6, 6.07) is 26.1. The number of nitrogens with zero attached hydrogens (tertiary/aromatic N) is 2. The van der Waals surface area contributed by atoms with Crippen LogP contribution in [0.2, 0.25) is 5.02 Å². The molecule has 0 saturated carbocycles. The van der Waals surface area contributed by atoms with Crippen molar-refractivity contribution in [3.63, 3.8) is 0 Å². The molecule has 5 rings (SSSR count). The SMILES string of the molecule is Cc1ccc(S(=O)(=O)Nc2cc(C)cc3cc(C)c(N=Nc4cc(Cl)ccc4Oc4ccccc4)c(O)c23)cc1. The van der Waals surface area contributed by atoms with E-state index in [1.807, 2.05) is 56.3 Å². The molecule has 0 spiro atoms. The summed E-state index contributed by atoms with van der Waals surface area (Å²) in [5, 5.41) is 21.5. The summed E-state index contributed by atoms with van der Waals surface area (Å²) < 4.78 is 35.0. The van der Waals surface area contributed by atoms with Gasteiger partial charge in [-0.2, -0.15) is 0 Å². The van der Waals surface area contributed by atoms with Crippen LogP contribution in [0, 0.1) is 20.8 Å². The minimum atomic E-state index is -3.92. The van der Waals surface area contributed by atoms with Gasteiger partial charge >= 0.3 is 0 Å². The Kier molecular flexibility index (Phi) is 7.47. The highest BCUT2D eigenvalue weighted by Crippen LogP contribution is 2.44. The van der Waals surface area contributed by atoms with Crippen LogP contribution in [-0.2, 0) is 10.0 Å². The second kappa shape index (κ2) is 11.0. The number of phenols is 1. The van der Waals surface area contributed by atoms with Crippen LogP contribution >= 0.6 is 11.6 Å². The minimum absolute atomic E-state index is 0.117. The Morgan fingerprint density at radius 2 is 1.55 bits per heavy atom. The van der Waals surface area contributed by atoms with Crippen LogP contribution in [0.1, 0.15) is 16.7 Å². The molecule has 0 fully saturated rings. The second-order valence-electron chi connectivity index (χ2n) is 9.45. The number of phenolic OH excluding ortho intramolecular Hbond substituents is 1. The number of fused-ring (bicyclic) bond motifs is 1. The molecule has 0 aliphatic rings. The average molecular weight is 572 g/mol. The number of sulfonamides is 1. The lowest BCUT2D eigenvalue weighted by atomic mass is 10.0. The lowest BCUT2D eigenvalue weighted by Crippen LogP contribution is -2.13. The first-order chi connectivity index (χ1) is 19.1. The van der Waals surface area contributed by atoms with E-state index in [1.54, 1.807) is 55.5 Å². The highest BCUT2D eigenvalue weighted by atomic mass is 35.5. The van der Waals surface area contributed by atoms with Gasteiger partial charge in [0.1, 0.15) is 17.1 Å². The van der Waals surface area contributed by atoms with E-state index in [0.29, 0.717) is 38.5 Å². The molecule has 0 saturated heterocycles. The molecule has 2 N–H and O–H groups in total. The van der Waals surface area contributed by atoms with E-state index >= 15 is 0 Å². The van der Waals surface area contributed by atoms with E-state index in [1.165, 1.54) is 0 Å². The Bertz CT molecular complexity index is 1860. The third kappa shape index (κ3) is 5.78. The predicted octanol–water partition coefficient (Wildman–Crippen LogP) is 9.13. The van der Waals surface area contributed by atoms with E-state index in [2.05, 4.69) is 15.0 Å². The number of hydrogen-bond acceptors (Lipinski definition) is 6. The van der Waals surface area contributed by atoms with Gasteiger partial charge in [0.05, 0.1) is 16.0 Å². The van der Waals surface area contributed by atoms with Gasteiger partial charge in [0, 0.05) is 5.02 Å². The number of aromatic hydroxyl groups is 1. The largest absolute Gasteiger partial charge is 0.505 e. The van der Waals surface area contributed by atoms with Crippen molar-refractivity contribution < 1.29 is 18.3 Å². The molecule has 5 aromatic rings. The zero-order valence-electron chi connectivity index (χ0n) is 22.0. The first-order valence-corrected chi connectivity index (χ1v) is 14.3. The van der Waals surface area contributed by atoms with Gasteiger partial charge in [-0.25, -0.2) is 8.42 Å². The molecule has 0 heterocycles. The molecule has 0 amide bonds. The standard InChI is InChI=1S/C31H26ClN3O4S/c1-19-9-12-25(13-10-19)40(37,38)35-27-16-20(2)15-22-17-21(3)30(31(36)29(22)27)34-33-26-18-23(32)11-14-28(26)39-24-7-5-4-6-8-24/h4-18,35-36H,1-3H3. The van der Waals surface area contributed by atoms with Crippen molar-refractivity contribution in [1.29, 1.82) is 0 Å². The number of nitrogens with one attached hydrogen (secondary N) is 1. The van der Waals surface area contributed by atoms with Crippen LogP contribution in [0.15, 0.2) is 106 Å². The molecule has 0 bridgehead atoms. The van der Waals surface area contributed by atoms with Gasteiger partial charge in [-0.05, 0) is 91.9 Å². The normalized spacial score (nSPS) is 11.7. The van der Waals surface area contributed by atoms with Crippen molar-refractivity contribution in [3.05, 3.63) is 113 Å². The van der Waals surface area contributed by atoms with Crippen molar-refractivity contribution in [1.82, 2.24) is 0 Å². The third-order valence-electron chi connectivity index (χ3n) is 6.25. The van der Waals surface area contributed by atoms with Crippen LogP contribution < -0.4 is 9.46 Å². The molecular formula is C31H26ClN3O4S. The number of ether oxygens (including phenoxy) is 1. The van der Waals surface area contributed by atoms with Crippen LogP contribution in [0.3, 0.4) is 0 Å². The molecule has 0 aliphatic heterocycles. The van der Waals surface area contributed by atoms with Crippen LogP contribution in [0.25, 0.3) is 10.8 Å². The molecule has 0 radical (unpaired) electrons. The summed E-state index contributed by atoms with van der Waals surface area (Å²) in [7, 11) is -3.92. The number of benzene rings is 5. The van der Waals surface area contributed by atoms with Crippen molar-refractivity contribution in [2.24, 2.45) is 10.2 Å². The van der Waals surface area contributed by atoms with Crippen LogP contribution in [-0.4, -0.2) is 13.5 Å². The minimum Gasteiger partial charge on any atom is -0.505 e. The highest BCUT2D eigenvalue weighted by molar-refractivity contribution is 7.92. The van der Waals surface area contributed by atoms with Crippen molar-refractivity contribution in [2.75, 3.05) is 4.72 Å². The quantitative estimate of drug-likeness (QED) is 0.190. The molecule has 7 nitrogen and oxygen atoms in total. The zero-order chi connectivity index (χ0) is 28.4. The maximum absolute atomic E-state index is 13.2. The summed E-state index contributed by atoms with van der Waals surface area (Å²) in [4.78, 5) is 0.117. The molecule has 0 aliphatic carbocycles. The second-order valence-corrected chi connectivity index (χ2v) is 11.6. The Labute approximate surface area is 237 Å². The monoisotopic (exact) mass is 571 g/mol. The molecule has 202 valence electrons. The average Bonchev–Trinajstić information content (AvgIpc) is 2.90. The van der Waals surface area contributed by atoms with Crippen LogP contribution in [0.5, 0.6) is 17.2 Å². The number of anilines is 1. The van der Waals surface area contributed by atoms with E-state index < -0.39 is 10.0 Å². The Morgan fingerprint density at radius 1 is 0.825 bits per heavy atom. The Morgan fingerprint density at radius 3 is 2.27 bits per heavy atom. The highest BCUT2D eigenvalue weighted by Gasteiger charge is 2.20. The summed E-state index contributed by atoms with van der Waals surface area (Å²) in [6.45, 7) is 5.54. The molecule has 0 aromatic heterocycles. The van der Waals surface area contributed by atoms with E-state index in [0.717, 1.165) is 11.1 Å². The number of rotatable bonds is 7. The van der Waals surface area contributed by atoms with Gasteiger partial charge in [0.2, 0.25) is 0 Å². The van der Waals surface area contributed by atoms with Crippen LogP contribution in [0.4, 0.5) is 17.1 Å². The summed E-state index contributed by atoms with van der Waals surface area (Å²) in [5.41, 5.74) is 3.21. The van der Waals surface area contributed by atoms with Gasteiger partial charge in [0.15, 0.2) is 11.5 Å². The topological polar surface area (TPSA) is 100 Å². The van der Waals surface area contributed by atoms with Crippen molar-refractivity contribution in [2.45, 2.75) is 25.7 Å². The van der Waals surface area contributed by atoms with E-state index in [9.17, 15) is 13.5 Å². The fourth-order valence-electron chi connectivity index (χ4n) is 4.30. The number of hydrogen-bond donors (Lipinski definition) is 2. The van der Waals surface area contributed by atoms with E-state index in [-0.39, 0.29) is 22.0 Å². The van der Waals surface area contributed by atoms with Gasteiger partial charge in [0.25, 0.3) is 10.0 Å². The third-order valence-corrected chi connectivity index (χ3v) is 7.86. The molecular weight excluding hydrogens is 546 g/mol. The lowest BCUT2D eigenvalue weighted by molar-refractivity contribution is 0.480. The molecule has 9 heteroatoms. The Balaban J connectivity index is 1.58. The zero-order valence-corrected chi connectivity index (χ0v) is 23.6. The summed E-state index contributed by atoms with van der Waals surface area (Å²) in [5.74, 6) is 0.847. The number of halogens is 1. The van der Waals surface area contributed by atoms with Gasteiger partial charge in [-0.1, -0.05) is 53.6 Å². The number of azo groups is 1. The molecule has 5 aromatic carbocycles. The predicted molar refractivity (Wildman–Crippen MR) is 159 cm³/mol.